The summed E-state index contributed by atoms with van der Waals surface area (Å²) in [5, 5.41) is 0. The summed E-state index contributed by atoms with van der Waals surface area (Å²) in [6.45, 7) is 8.01. The summed E-state index contributed by atoms with van der Waals surface area (Å²) >= 11 is -0.750. The molecule has 0 aliphatic heterocycles. The van der Waals surface area contributed by atoms with E-state index in [-0.39, 0.29) is 0 Å². The van der Waals surface area contributed by atoms with Crippen LogP contribution in [0.25, 0.3) is 22.3 Å². The molecule has 0 saturated carbocycles. The average molecular weight is 489 g/mol. The number of nitrogen functional groups attached to an aromatic ring is 4. The number of rotatable bonds is 2. The first-order valence-electron chi connectivity index (χ1n) is 10.9. The minimum Gasteiger partial charge on any atom is -0.398 e. The van der Waals surface area contributed by atoms with Crippen LogP contribution >= 0.6 is 0 Å². The van der Waals surface area contributed by atoms with Gasteiger partial charge in [-0.3, -0.25) is 0 Å². The van der Waals surface area contributed by atoms with Crippen LogP contribution < -0.4 is 22.9 Å². The summed E-state index contributed by atoms with van der Waals surface area (Å²) in [4.78, 5) is 0. The zero-order chi connectivity index (χ0) is 26.1. The SMILES string of the molecule is Cc1ccc(-c2ccc(C)c(N)c2)cc1N.Cc1ccc(-c2ccc(C)c(N)c2)cc1N.O=S=O. The van der Waals surface area contributed by atoms with E-state index in [1.54, 1.807) is 0 Å². The largest absolute Gasteiger partial charge is 0.398 e. The molecule has 0 aliphatic rings. The third-order valence-electron chi connectivity index (χ3n) is 5.78. The predicted molar refractivity (Wildman–Crippen MR) is 149 cm³/mol. The van der Waals surface area contributed by atoms with Crippen molar-refractivity contribution in [2.75, 3.05) is 22.9 Å². The molecule has 0 spiro atoms. The number of hydrogen-bond acceptors (Lipinski definition) is 6. The molecule has 4 aromatic rings. The van der Waals surface area contributed by atoms with Gasteiger partial charge in [-0.15, -0.1) is 0 Å². The molecule has 0 radical (unpaired) electrons. The van der Waals surface area contributed by atoms with Crippen LogP contribution in [0.2, 0.25) is 0 Å². The van der Waals surface area contributed by atoms with Gasteiger partial charge in [-0.1, -0.05) is 48.5 Å². The Kier molecular flexibility index (Phi) is 9.61. The van der Waals surface area contributed by atoms with Crippen molar-refractivity contribution in [1.29, 1.82) is 0 Å². The Bertz CT molecular complexity index is 1170. The van der Waals surface area contributed by atoms with Crippen molar-refractivity contribution in [2.45, 2.75) is 27.7 Å². The third kappa shape index (κ3) is 7.45. The summed E-state index contributed by atoms with van der Waals surface area (Å²) < 4.78 is 16.6. The van der Waals surface area contributed by atoms with Crippen LogP contribution in [0.3, 0.4) is 0 Å². The van der Waals surface area contributed by atoms with Gasteiger partial charge in [-0.05, 0) is 96.5 Å². The van der Waals surface area contributed by atoms with Gasteiger partial charge in [-0.2, -0.15) is 8.42 Å². The van der Waals surface area contributed by atoms with Gasteiger partial charge in [0.25, 0.3) is 0 Å². The molecule has 4 rings (SSSR count). The first kappa shape index (κ1) is 27.1. The molecule has 6 nitrogen and oxygen atoms in total. The smallest absolute Gasteiger partial charge is 0.335 e. The molecular weight excluding hydrogens is 456 g/mol. The first-order chi connectivity index (χ1) is 16.6. The molecule has 4 aromatic carbocycles. The van der Waals surface area contributed by atoms with Crippen LogP contribution in [0.4, 0.5) is 22.7 Å². The maximum absolute atomic E-state index is 8.29. The highest BCUT2D eigenvalue weighted by Gasteiger charge is 2.03. The summed E-state index contributed by atoms with van der Waals surface area (Å²) in [5.74, 6) is 0. The molecule has 8 N–H and O–H groups in total. The second-order valence-corrected chi connectivity index (χ2v) is 8.49. The number of nitrogens with two attached hydrogens (primary N) is 4. The van der Waals surface area contributed by atoms with E-state index in [1.807, 2.05) is 76.2 Å². The highest BCUT2D eigenvalue weighted by atomic mass is 32.1. The fraction of sp³-hybridized carbons (Fsp3) is 0.143. The molecule has 182 valence electrons. The normalized spacial score (nSPS) is 9.83. The lowest BCUT2D eigenvalue weighted by molar-refractivity contribution is 0.630. The Labute approximate surface area is 210 Å². The Morgan fingerprint density at radius 2 is 0.600 bits per heavy atom. The Morgan fingerprint density at radius 3 is 0.743 bits per heavy atom. The van der Waals surface area contributed by atoms with Crippen molar-refractivity contribution in [3.63, 3.8) is 0 Å². The fourth-order valence-electron chi connectivity index (χ4n) is 3.28. The van der Waals surface area contributed by atoms with Crippen molar-refractivity contribution in [3.8, 4) is 22.3 Å². The van der Waals surface area contributed by atoms with E-state index in [2.05, 4.69) is 24.3 Å². The molecule has 35 heavy (non-hydrogen) atoms. The van der Waals surface area contributed by atoms with E-state index in [0.717, 1.165) is 67.3 Å². The van der Waals surface area contributed by atoms with E-state index in [4.69, 9.17) is 31.4 Å². The molecule has 0 aliphatic carbocycles. The summed E-state index contributed by atoms with van der Waals surface area (Å²) in [7, 11) is 0. The molecule has 0 unspecified atom stereocenters. The Hall–Kier alpha value is -4.10. The lowest BCUT2D eigenvalue weighted by atomic mass is 10.0. The Balaban J connectivity index is 0.000000222. The fourth-order valence-corrected chi connectivity index (χ4v) is 3.28. The van der Waals surface area contributed by atoms with Crippen LogP contribution in [-0.2, 0) is 11.6 Å². The predicted octanol–water partition coefficient (Wildman–Crippen LogP) is 5.60. The molecule has 0 bridgehead atoms. The standard InChI is InChI=1S/2C14H16N2.O2S/c2*1-9-3-5-11(7-13(9)15)12-6-4-10(2)14(16)8-12;1-3-2/h2*3-8H,15-16H2,1-2H3;. The van der Waals surface area contributed by atoms with Gasteiger partial charge in [0.2, 0.25) is 0 Å². The number of anilines is 4. The maximum atomic E-state index is 8.29. The van der Waals surface area contributed by atoms with E-state index in [1.165, 1.54) is 0 Å². The van der Waals surface area contributed by atoms with Gasteiger partial charge in [0.05, 0.1) is 0 Å². The molecule has 0 atom stereocenters. The lowest BCUT2D eigenvalue weighted by Crippen LogP contribution is -1.92. The van der Waals surface area contributed by atoms with Crippen LogP contribution in [-0.4, -0.2) is 8.42 Å². The third-order valence-corrected chi connectivity index (χ3v) is 5.78. The van der Waals surface area contributed by atoms with Gasteiger partial charge in [-0.25, -0.2) is 0 Å². The average Bonchev–Trinajstić information content (AvgIpc) is 2.82. The molecule has 7 heteroatoms. The molecule has 0 heterocycles. The maximum Gasteiger partial charge on any atom is 0.335 e. The number of benzene rings is 4. The molecule has 0 aromatic heterocycles. The van der Waals surface area contributed by atoms with E-state index in [9.17, 15) is 0 Å². The second kappa shape index (κ2) is 12.4. The van der Waals surface area contributed by atoms with E-state index in [0.29, 0.717) is 0 Å². The minimum atomic E-state index is -0.750. The highest BCUT2D eigenvalue weighted by molar-refractivity contribution is 7.51. The van der Waals surface area contributed by atoms with Gasteiger partial charge < -0.3 is 22.9 Å². The van der Waals surface area contributed by atoms with Gasteiger partial charge in [0.1, 0.15) is 0 Å². The molecular formula is C28H32N4O2S. The topological polar surface area (TPSA) is 138 Å². The monoisotopic (exact) mass is 488 g/mol. The second-order valence-electron chi connectivity index (χ2n) is 8.35. The first-order valence-corrected chi connectivity index (χ1v) is 11.6. The van der Waals surface area contributed by atoms with Gasteiger partial charge in [0.15, 0.2) is 0 Å². The zero-order valence-corrected chi connectivity index (χ0v) is 21.3. The van der Waals surface area contributed by atoms with Crippen molar-refractivity contribution in [2.24, 2.45) is 0 Å². The summed E-state index contributed by atoms with van der Waals surface area (Å²) in [5.41, 5.74) is 35.7. The Morgan fingerprint density at radius 1 is 0.429 bits per heavy atom. The van der Waals surface area contributed by atoms with Crippen molar-refractivity contribution in [3.05, 3.63) is 95.1 Å². The van der Waals surface area contributed by atoms with Gasteiger partial charge >= 0.3 is 11.6 Å². The quantitative estimate of drug-likeness (QED) is 0.271. The van der Waals surface area contributed by atoms with Gasteiger partial charge in [0, 0.05) is 22.7 Å². The highest BCUT2D eigenvalue weighted by Crippen LogP contribution is 2.27. The minimum absolute atomic E-state index is 0.750. The van der Waals surface area contributed by atoms with Crippen LogP contribution in [0.5, 0.6) is 0 Å². The number of aryl methyl sites for hydroxylation is 4. The number of hydrogen-bond donors (Lipinski definition) is 4. The molecule has 0 saturated heterocycles. The molecule has 0 fully saturated rings. The van der Waals surface area contributed by atoms with Crippen molar-refractivity contribution < 1.29 is 8.42 Å². The molecule has 0 amide bonds. The van der Waals surface area contributed by atoms with Crippen LogP contribution in [0, 0.1) is 27.7 Å². The van der Waals surface area contributed by atoms with Crippen LogP contribution in [0.1, 0.15) is 22.3 Å². The van der Waals surface area contributed by atoms with E-state index < -0.39 is 11.6 Å². The van der Waals surface area contributed by atoms with E-state index >= 15 is 0 Å². The zero-order valence-electron chi connectivity index (χ0n) is 20.5. The van der Waals surface area contributed by atoms with Crippen LogP contribution in [0.15, 0.2) is 72.8 Å². The lowest BCUT2D eigenvalue weighted by Gasteiger charge is -2.07. The summed E-state index contributed by atoms with van der Waals surface area (Å²) in [6.07, 6.45) is 0. The summed E-state index contributed by atoms with van der Waals surface area (Å²) in [6, 6.07) is 24.3. The van der Waals surface area contributed by atoms with Crippen molar-refractivity contribution >= 4 is 34.3 Å². The van der Waals surface area contributed by atoms with Crippen molar-refractivity contribution in [1.82, 2.24) is 0 Å².